The molecule has 1 saturated heterocycles. The van der Waals surface area contributed by atoms with Crippen LogP contribution in [0.15, 0.2) is 0 Å². The maximum absolute atomic E-state index is 11.9. The fraction of sp³-hybridized carbons (Fsp3) is 0.846. The number of nitrogens with zero attached hydrogens (tertiary/aromatic N) is 1. The molecule has 0 aromatic heterocycles. The van der Waals surface area contributed by atoms with Crippen molar-refractivity contribution in [2.75, 3.05) is 13.1 Å². The lowest BCUT2D eigenvalue weighted by atomic mass is 9.63. The van der Waals surface area contributed by atoms with E-state index >= 15 is 0 Å². The number of Topliss-reactive ketones (excluding diaryl/α,β-unsaturated/α-hetero) is 1. The van der Waals surface area contributed by atoms with Gasteiger partial charge in [0.2, 0.25) is 0 Å². The second-order valence-corrected chi connectivity index (χ2v) is 6.21. The third-order valence-electron chi connectivity index (χ3n) is 3.66. The van der Waals surface area contributed by atoms with Crippen LogP contribution in [0.2, 0.25) is 0 Å². The zero-order valence-corrected chi connectivity index (χ0v) is 10.9. The number of likely N-dealkylation sites (tertiary alicyclic amines) is 1. The number of carbonyl (C=O) groups excluding carboxylic acids is 2. The predicted molar refractivity (Wildman–Crippen MR) is 63.7 cm³/mol. The van der Waals surface area contributed by atoms with Crippen LogP contribution in [0.3, 0.4) is 0 Å². The normalized spacial score (nSPS) is 23.5. The molecule has 0 aromatic carbocycles. The van der Waals surface area contributed by atoms with Gasteiger partial charge < -0.3 is 9.64 Å². The van der Waals surface area contributed by atoms with Gasteiger partial charge >= 0.3 is 6.09 Å². The summed E-state index contributed by atoms with van der Waals surface area (Å²) in [4.78, 5) is 25.5. The molecule has 2 fully saturated rings. The maximum atomic E-state index is 11.9. The van der Waals surface area contributed by atoms with Crippen molar-refractivity contribution >= 4 is 11.9 Å². The van der Waals surface area contributed by atoms with Gasteiger partial charge in [-0.1, -0.05) is 6.42 Å². The highest BCUT2D eigenvalue weighted by Gasteiger charge is 2.48. The van der Waals surface area contributed by atoms with Gasteiger partial charge in [-0.05, 0) is 33.6 Å². The average Bonchev–Trinajstić information content (AvgIpc) is 2.13. The third-order valence-corrected chi connectivity index (χ3v) is 3.66. The minimum atomic E-state index is -0.467. The highest BCUT2D eigenvalue weighted by Crippen LogP contribution is 2.45. The fourth-order valence-electron chi connectivity index (χ4n) is 2.56. The Hall–Kier alpha value is -1.06. The topological polar surface area (TPSA) is 46.6 Å². The van der Waals surface area contributed by atoms with Crippen molar-refractivity contribution < 1.29 is 14.3 Å². The second-order valence-electron chi connectivity index (χ2n) is 6.21. The summed E-state index contributed by atoms with van der Waals surface area (Å²) in [5, 5.41) is 0. The molecule has 2 aliphatic rings. The molecule has 17 heavy (non-hydrogen) atoms. The molecule has 1 heterocycles. The van der Waals surface area contributed by atoms with Crippen LogP contribution < -0.4 is 0 Å². The number of piperidine rings is 1. The molecular weight excluding hydrogens is 218 g/mol. The number of rotatable bonds is 0. The van der Waals surface area contributed by atoms with E-state index in [1.807, 2.05) is 20.8 Å². The van der Waals surface area contributed by atoms with E-state index in [-0.39, 0.29) is 11.5 Å². The Morgan fingerprint density at radius 2 is 2.00 bits per heavy atom. The summed E-state index contributed by atoms with van der Waals surface area (Å²) < 4.78 is 5.35. The van der Waals surface area contributed by atoms with Crippen LogP contribution in [-0.2, 0) is 9.53 Å². The van der Waals surface area contributed by atoms with Gasteiger partial charge in [0.05, 0.1) is 0 Å². The number of hydrogen-bond acceptors (Lipinski definition) is 3. The minimum Gasteiger partial charge on any atom is -0.444 e. The van der Waals surface area contributed by atoms with Crippen LogP contribution in [0.5, 0.6) is 0 Å². The quantitative estimate of drug-likeness (QED) is 0.652. The molecule has 96 valence electrons. The molecule has 4 heteroatoms. The minimum absolute atomic E-state index is 0.227. The Bertz CT molecular complexity index is 339. The smallest absolute Gasteiger partial charge is 0.410 e. The number of ether oxygens (including phenoxy) is 1. The van der Waals surface area contributed by atoms with E-state index in [0.717, 1.165) is 19.3 Å². The van der Waals surface area contributed by atoms with Gasteiger partial charge in [-0.2, -0.15) is 0 Å². The van der Waals surface area contributed by atoms with Crippen molar-refractivity contribution in [3.05, 3.63) is 0 Å². The van der Waals surface area contributed by atoms with Crippen LogP contribution in [-0.4, -0.2) is 35.5 Å². The summed E-state index contributed by atoms with van der Waals surface area (Å²) in [6.07, 6.45) is 3.18. The SMILES string of the molecule is CC(C)(C)OC(=O)N1CCC(=O)C2(CCC2)C1. The molecule has 0 bridgehead atoms. The zero-order chi connectivity index (χ0) is 12.7. The number of amides is 1. The molecule has 1 aliphatic heterocycles. The summed E-state index contributed by atoms with van der Waals surface area (Å²) in [6, 6.07) is 0. The number of carbonyl (C=O) groups is 2. The Morgan fingerprint density at radius 3 is 2.47 bits per heavy atom. The molecule has 1 spiro atoms. The molecule has 0 atom stereocenters. The predicted octanol–water partition coefficient (Wildman–Crippen LogP) is 2.37. The van der Waals surface area contributed by atoms with E-state index in [2.05, 4.69) is 0 Å². The fourth-order valence-corrected chi connectivity index (χ4v) is 2.56. The lowest BCUT2D eigenvalue weighted by Gasteiger charge is -2.47. The van der Waals surface area contributed by atoms with Crippen LogP contribution in [0.4, 0.5) is 4.79 Å². The summed E-state index contributed by atoms with van der Waals surface area (Å²) in [5.74, 6) is 0.337. The first-order chi connectivity index (χ1) is 7.82. The first kappa shape index (κ1) is 12.4. The highest BCUT2D eigenvalue weighted by atomic mass is 16.6. The van der Waals surface area contributed by atoms with Crippen LogP contribution in [0, 0.1) is 5.41 Å². The monoisotopic (exact) mass is 239 g/mol. The Labute approximate surface area is 102 Å². The van der Waals surface area contributed by atoms with Gasteiger partial charge in [0.1, 0.15) is 11.4 Å². The van der Waals surface area contributed by atoms with Crippen molar-refractivity contribution in [3.63, 3.8) is 0 Å². The van der Waals surface area contributed by atoms with Gasteiger partial charge in [0, 0.05) is 24.9 Å². The lowest BCUT2D eigenvalue weighted by molar-refractivity contribution is -0.139. The lowest BCUT2D eigenvalue weighted by Crippen LogP contribution is -2.55. The molecule has 0 aromatic rings. The Balaban J connectivity index is 1.99. The van der Waals surface area contributed by atoms with Gasteiger partial charge in [-0.25, -0.2) is 4.79 Å². The van der Waals surface area contributed by atoms with Gasteiger partial charge in [-0.3, -0.25) is 4.79 Å². The van der Waals surface area contributed by atoms with E-state index in [9.17, 15) is 9.59 Å². The van der Waals surface area contributed by atoms with Crippen molar-refractivity contribution in [2.45, 2.75) is 52.1 Å². The Morgan fingerprint density at radius 1 is 1.35 bits per heavy atom. The first-order valence-corrected chi connectivity index (χ1v) is 6.34. The number of hydrogen-bond donors (Lipinski definition) is 0. The second kappa shape index (κ2) is 4.00. The van der Waals surface area contributed by atoms with Gasteiger partial charge in [0.15, 0.2) is 0 Å². The molecule has 0 radical (unpaired) electrons. The summed E-state index contributed by atoms with van der Waals surface area (Å²) in [7, 11) is 0. The highest BCUT2D eigenvalue weighted by molar-refractivity contribution is 5.88. The van der Waals surface area contributed by atoms with Crippen molar-refractivity contribution in [2.24, 2.45) is 5.41 Å². The molecule has 1 amide bonds. The molecule has 2 rings (SSSR count). The van der Waals surface area contributed by atoms with Crippen LogP contribution >= 0.6 is 0 Å². The Kier molecular flexibility index (Phi) is 2.92. The average molecular weight is 239 g/mol. The largest absolute Gasteiger partial charge is 0.444 e. The van der Waals surface area contributed by atoms with Crippen molar-refractivity contribution in [1.29, 1.82) is 0 Å². The van der Waals surface area contributed by atoms with E-state index in [0.29, 0.717) is 25.3 Å². The van der Waals surface area contributed by atoms with Crippen molar-refractivity contribution in [1.82, 2.24) is 4.90 Å². The molecule has 0 N–H and O–H groups in total. The molecule has 4 nitrogen and oxygen atoms in total. The van der Waals surface area contributed by atoms with Crippen LogP contribution in [0.25, 0.3) is 0 Å². The molecular formula is C13H21NO3. The van der Waals surface area contributed by atoms with E-state index in [4.69, 9.17) is 4.74 Å². The van der Waals surface area contributed by atoms with E-state index < -0.39 is 5.60 Å². The summed E-state index contributed by atoms with van der Waals surface area (Å²) in [5.41, 5.74) is -0.694. The summed E-state index contributed by atoms with van der Waals surface area (Å²) >= 11 is 0. The standard InChI is InChI=1S/C13H21NO3/c1-12(2,3)17-11(16)14-8-5-10(15)13(9-14)6-4-7-13/h4-9H2,1-3H3. The zero-order valence-electron chi connectivity index (χ0n) is 10.9. The summed E-state index contributed by atoms with van der Waals surface area (Å²) in [6.45, 7) is 6.65. The first-order valence-electron chi connectivity index (χ1n) is 6.34. The van der Waals surface area contributed by atoms with Gasteiger partial charge in [-0.15, -0.1) is 0 Å². The van der Waals surface area contributed by atoms with E-state index in [1.54, 1.807) is 4.90 Å². The number of ketones is 1. The third kappa shape index (κ3) is 2.45. The van der Waals surface area contributed by atoms with Gasteiger partial charge in [0.25, 0.3) is 0 Å². The maximum Gasteiger partial charge on any atom is 0.410 e. The van der Waals surface area contributed by atoms with Crippen LogP contribution in [0.1, 0.15) is 46.5 Å². The molecule has 0 unspecified atom stereocenters. The van der Waals surface area contributed by atoms with Crippen molar-refractivity contribution in [3.8, 4) is 0 Å². The molecule has 1 saturated carbocycles. The molecule has 1 aliphatic carbocycles. The van der Waals surface area contributed by atoms with E-state index in [1.165, 1.54) is 0 Å².